The van der Waals surface area contributed by atoms with Gasteiger partial charge in [0.25, 0.3) is 11.9 Å². The monoisotopic (exact) mass is 438 g/mol. The van der Waals surface area contributed by atoms with Crippen molar-refractivity contribution in [1.29, 1.82) is 0 Å². The maximum absolute atomic E-state index is 12.9. The minimum atomic E-state index is -0.467. The second-order valence-electron chi connectivity index (χ2n) is 6.93. The predicted molar refractivity (Wildman–Crippen MR) is 121 cm³/mol. The molecule has 0 radical (unpaired) electrons. The standard InChI is InChI=1S/C24H20Cl2N2O2/c1-2-30-24(27-23(29)21-12-11-18(25)13-22(21)26)28-14-16-7-3-5-9-19(16)20-10-6-4-8-17(20)15-28/h3-13H,2,14-15H2,1H3. The number of nitrogens with zero attached hydrogens (tertiary/aromatic N) is 2. The molecule has 4 rings (SSSR count). The smallest absolute Gasteiger partial charge is 0.296 e. The van der Waals surface area contributed by atoms with Crippen LogP contribution in [0, 0.1) is 0 Å². The third-order valence-electron chi connectivity index (χ3n) is 4.95. The molecule has 0 aromatic heterocycles. The number of amidine groups is 1. The topological polar surface area (TPSA) is 41.9 Å². The lowest BCUT2D eigenvalue weighted by Crippen LogP contribution is -2.32. The van der Waals surface area contributed by atoms with E-state index < -0.39 is 5.91 Å². The van der Waals surface area contributed by atoms with E-state index in [2.05, 4.69) is 29.3 Å². The summed E-state index contributed by atoms with van der Waals surface area (Å²) in [5.41, 5.74) is 4.93. The Hall–Kier alpha value is -2.82. The molecule has 0 unspecified atom stereocenters. The highest BCUT2D eigenvalue weighted by Crippen LogP contribution is 2.32. The zero-order valence-corrected chi connectivity index (χ0v) is 18.0. The summed E-state index contributed by atoms with van der Waals surface area (Å²) < 4.78 is 5.81. The van der Waals surface area contributed by atoms with E-state index in [9.17, 15) is 4.79 Å². The highest BCUT2D eigenvalue weighted by atomic mass is 35.5. The number of hydrogen-bond donors (Lipinski definition) is 0. The summed E-state index contributed by atoms with van der Waals surface area (Å²) in [7, 11) is 0. The van der Waals surface area contributed by atoms with Crippen molar-refractivity contribution < 1.29 is 9.53 Å². The van der Waals surface area contributed by atoms with E-state index in [-0.39, 0.29) is 16.6 Å². The van der Waals surface area contributed by atoms with Crippen LogP contribution in [0.5, 0.6) is 0 Å². The molecule has 3 aromatic carbocycles. The van der Waals surface area contributed by atoms with Gasteiger partial charge in [0.05, 0.1) is 17.2 Å². The number of amides is 1. The first-order valence-electron chi connectivity index (χ1n) is 9.69. The highest BCUT2D eigenvalue weighted by Gasteiger charge is 2.23. The van der Waals surface area contributed by atoms with E-state index in [1.165, 1.54) is 17.2 Å². The molecule has 4 nitrogen and oxygen atoms in total. The van der Waals surface area contributed by atoms with Crippen LogP contribution in [0.4, 0.5) is 0 Å². The minimum absolute atomic E-state index is 0.263. The number of hydrogen-bond acceptors (Lipinski definition) is 2. The van der Waals surface area contributed by atoms with Crippen LogP contribution in [0.3, 0.4) is 0 Å². The summed E-state index contributed by atoms with van der Waals surface area (Å²) in [4.78, 5) is 19.1. The van der Waals surface area contributed by atoms with E-state index >= 15 is 0 Å². The summed E-state index contributed by atoms with van der Waals surface area (Å²) in [5, 5.41) is 0.727. The molecule has 1 aliphatic rings. The summed E-state index contributed by atoms with van der Waals surface area (Å²) in [5.74, 6) is -0.467. The van der Waals surface area contributed by atoms with Crippen LogP contribution in [0.25, 0.3) is 11.1 Å². The van der Waals surface area contributed by atoms with Gasteiger partial charge in [-0.05, 0) is 47.4 Å². The molecule has 0 fully saturated rings. The van der Waals surface area contributed by atoms with Crippen LogP contribution in [-0.4, -0.2) is 23.4 Å². The zero-order valence-electron chi connectivity index (χ0n) is 16.4. The number of ether oxygens (including phenoxy) is 1. The van der Waals surface area contributed by atoms with Gasteiger partial charge >= 0.3 is 0 Å². The van der Waals surface area contributed by atoms with Crippen LogP contribution in [0.15, 0.2) is 71.7 Å². The van der Waals surface area contributed by atoms with E-state index in [0.29, 0.717) is 24.7 Å². The Bertz CT molecular complexity index is 1080. The van der Waals surface area contributed by atoms with Crippen molar-refractivity contribution in [1.82, 2.24) is 4.90 Å². The van der Waals surface area contributed by atoms with Crippen LogP contribution >= 0.6 is 23.2 Å². The quantitative estimate of drug-likeness (QED) is 0.352. The van der Waals surface area contributed by atoms with Crippen LogP contribution in [-0.2, 0) is 17.8 Å². The van der Waals surface area contributed by atoms with Crippen LogP contribution in [0.1, 0.15) is 28.4 Å². The zero-order chi connectivity index (χ0) is 21.1. The molecular formula is C24H20Cl2N2O2. The number of halogens is 2. The summed E-state index contributed by atoms with van der Waals surface area (Å²) in [6.45, 7) is 3.41. The number of aliphatic imine (C=N–C) groups is 1. The van der Waals surface area contributed by atoms with Gasteiger partial charge in [-0.25, -0.2) is 0 Å². The molecule has 0 spiro atoms. The molecule has 152 valence electrons. The van der Waals surface area contributed by atoms with Crippen molar-refractivity contribution in [3.8, 4) is 11.1 Å². The van der Waals surface area contributed by atoms with Gasteiger partial charge in [-0.2, -0.15) is 4.99 Å². The molecule has 0 saturated heterocycles. The highest BCUT2D eigenvalue weighted by molar-refractivity contribution is 6.36. The third kappa shape index (κ3) is 4.20. The first kappa shape index (κ1) is 20.5. The van der Waals surface area contributed by atoms with Gasteiger partial charge in [-0.1, -0.05) is 71.7 Å². The Morgan fingerprint density at radius 3 is 2.13 bits per heavy atom. The number of carbonyl (C=O) groups excluding carboxylic acids is 1. The van der Waals surface area contributed by atoms with Crippen LogP contribution in [0.2, 0.25) is 10.0 Å². The fourth-order valence-corrected chi connectivity index (χ4v) is 4.07. The largest absolute Gasteiger partial charge is 0.465 e. The Morgan fingerprint density at radius 2 is 1.57 bits per heavy atom. The lowest BCUT2D eigenvalue weighted by Gasteiger charge is -2.24. The van der Waals surface area contributed by atoms with Crippen molar-refractivity contribution in [2.45, 2.75) is 20.0 Å². The predicted octanol–water partition coefficient (Wildman–Crippen LogP) is 6.21. The molecular weight excluding hydrogens is 419 g/mol. The van der Waals surface area contributed by atoms with Gasteiger partial charge in [0.2, 0.25) is 0 Å². The van der Waals surface area contributed by atoms with Crippen molar-refractivity contribution in [2.75, 3.05) is 6.61 Å². The lowest BCUT2D eigenvalue weighted by molar-refractivity contribution is 0.0993. The van der Waals surface area contributed by atoms with Crippen LogP contribution < -0.4 is 0 Å². The Balaban J connectivity index is 1.74. The first-order chi connectivity index (χ1) is 14.6. The molecule has 1 amide bonds. The molecule has 0 atom stereocenters. The average Bonchev–Trinajstić information content (AvgIpc) is 2.90. The van der Waals surface area contributed by atoms with E-state index in [0.717, 1.165) is 11.1 Å². The molecule has 0 aliphatic carbocycles. The molecule has 30 heavy (non-hydrogen) atoms. The fraction of sp³-hybridized carbons (Fsp3) is 0.167. The van der Waals surface area contributed by atoms with Crippen molar-refractivity contribution in [2.24, 2.45) is 4.99 Å². The molecule has 6 heteroatoms. The second kappa shape index (κ2) is 8.90. The van der Waals surface area contributed by atoms with Gasteiger partial charge in [0.1, 0.15) is 0 Å². The minimum Gasteiger partial charge on any atom is -0.465 e. The Kier molecular flexibility index (Phi) is 6.07. The van der Waals surface area contributed by atoms with E-state index in [1.54, 1.807) is 12.1 Å². The second-order valence-corrected chi connectivity index (χ2v) is 7.77. The first-order valence-corrected chi connectivity index (χ1v) is 10.4. The van der Waals surface area contributed by atoms with Gasteiger partial charge in [0, 0.05) is 18.1 Å². The lowest BCUT2D eigenvalue weighted by atomic mass is 9.97. The van der Waals surface area contributed by atoms with Crippen molar-refractivity contribution in [3.63, 3.8) is 0 Å². The molecule has 0 saturated carbocycles. The molecule has 3 aromatic rings. The SMILES string of the molecule is CCOC(=NC(=O)c1ccc(Cl)cc1Cl)N1Cc2ccccc2-c2ccccc2C1. The summed E-state index contributed by atoms with van der Waals surface area (Å²) in [6, 6.07) is 21.5. The van der Waals surface area contributed by atoms with Gasteiger partial charge in [-0.15, -0.1) is 0 Å². The molecule has 0 bridgehead atoms. The summed E-state index contributed by atoms with van der Waals surface area (Å²) >= 11 is 12.1. The maximum Gasteiger partial charge on any atom is 0.296 e. The van der Waals surface area contributed by atoms with Gasteiger partial charge < -0.3 is 9.64 Å². The maximum atomic E-state index is 12.9. The average molecular weight is 439 g/mol. The fourth-order valence-electron chi connectivity index (χ4n) is 3.58. The van der Waals surface area contributed by atoms with Gasteiger partial charge in [0.15, 0.2) is 0 Å². The van der Waals surface area contributed by atoms with Crippen molar-refractivity contribution >= 4 is 35.1 Å². The third-order valence-corrected chi connectivity index (χ3v) is 5.50. The number of benzene rings is 3. The Labute approximate surface area is 185 Å². The normalized spacial score (nSPS) is 13.3. The van der Waals surface area contributed by atoms with Gasteiger partial charge in [-0.3, -0.25) is 4.79 Å². The number of rotatable bonds is 2. The summed E-state index contributed by atoms with van der Waals surface area (Å²) in [6.07, 6.45) is 0. The Morgan fingerprint density at radius 1 is 0.967 bits per heavy atom. The number of carbonyl (C=O) groups is 1. The molecule has 1 aliphatic heterocycles. The molecule has 0 N–H and O–H groups in total. The van der Waals surface area contributed by atoms with E-state index in [4.69, 9.17) is 27.9 Å². The number of fused-ring (bicyclic) bond motifs is 3. The van der Waals surface area contributed by atoms with E-state index in [1.807, 2.05) is 36.1 Å². The van der Waals surface area contributed by atoms with Crippen molar-refractivity contribution in [3.05, 3.63) is 93.5 Å². The molecule has 1 heterocycles.